The minimum Gasteiger partial charge on any atom is -0.497 e. The lowest BCUT2D eigenvalue weighted by atomic mass is 10.0. The molecule has 112 valence electrons. The monoisotopic (exact) mass is 315 g/mol. The van der Waals surface area contributed by atoms with Crippen LogP contribution in [0.2, 0.25) is 5.02 Å². The van der Waals surface area contributed by atoms with Gasteiger partial charge in [-0.15, -0.1) is 0 Å². The lowest BCUT2D eigenvalue weighted by molar-refractivity contribution is -0.110. The Labute approximate surface area is 133 Å². The molecular weight excluding hydrogens is 302 g/mol. The zero-order valence-corrected chi connectivity index (χ0v) is 12.9. The molecule has 1 heterocycles. The quantitative estimate of drug-likeness (QED) is 0.875. The van der Waals surface area contributed by atoms with Crippen molar-refractivity contribution in [1.29, 1.82) is 0 Å². The summed E-state index contributed by atoms with van der Waals surface area (Å²) in [6.07, 6.45) is 1.79. The maximum absolute atomic E-state index is 12.2. The summed E-state index contributed by atoms with van der Waals surface area (Å²) in [5.41, 5.74) is 2.93. The molecule has 0 saturated carbocycles. The molecule has 2 aromatic carbocycles. The first-order chi connectivity index (χ1) is 10.6. The number of carbonyl (C=O) groups is 1. The van der Waals surface area contributed by atoms with Crippen molar-refractivity contribution >= 4 is 34.8 Å². The number of rotatable bonds is 3. The van der Waals surface area contributed by atoms with Crippen LogP contribution in [-0.2, 0) is 4.79 Å². The highest BCUT2D eigenvalue weighted by atomic mass is 35.5. The first-order valence-corrected chi connectivity index (χ1v) is 7.04. The van der Waals surface area contributed by atoms with Gasteiger partial charge in [-0.05, 0) is 42.0 Å². The topological polar surface area (TPSA) is 47.6 Å². The summed E-state index contributed by atoms with van der Waals surface area (Å²) < 4.78 is 10.5. The highest BCUT2D eigenvalue weighted by molar-refractivity contribution is 6.36. The number of ether oxygens (including phenoxy) is 2. The number of halogens is 1. The van der Waals surface area contributed by atoms with E-state index in [2.05, 4.69) is 5.32 Å². The molecule has 0 saturated heterocycles. The van der Waals surface area contributed by atoms with E-state index in [1.807, 2.05) is 12.1 Å². The van der Waals surface area contributed by atoms with Crippen LogP contribution in [0.4, 0.5) is 5.69 Å². The molecule has 1 aliphatic heterocycles. The van der Waals surface area contributed by atoms with Crippen molar-refractivity contribution in [3.05, 3.63) is 52.5 Å². The van der Waals surface area contributed by atoms with Crippen LogP contribution in [0.1, 0.15) is 11.1 Å². The summed E-state index contributed by atoms with van der Waals surface area (Å²) in [6.45, 7) is 0. The summed E-state index contributed by atoms with van der Waals surface area (Å²) in [6, 6.07) is 10.8. The zero-order valence-electron chi connectivity index (χ0n) is 12.1. The number of anilines is 1. The molecule has 0 bridgehead atoms. The van der Waals surface area contributed by atoms with E-state index in [0.717, 1.165) is 16.8 Å². The second kappa shape index (κ2) is 5.73. The van der Waals surface area contributed by atoms with Gasteiger partial charge in [-0.2, -0.15) is 0 Å². The second-order valence-electron chi connectivity index (χ2n) is 4.85. The number of hydrogen-bond acceptors (Lipinski definition) is 3. The van der Waals surface area contributed by atoms with Crippen molar-refractivity contribution in [2.24, 2.45) is 0 Å². The Balaban J connectivity index is 2.10. The first-order valence-electron chi connectivity index (χ1n) is 6.67. The number of fused-ring (bicyclic) bond motifs is 1. The van der Waals surface area contributed by atoms with Crippen molar-refractivity contribution in [3.8, 4) is 11.5 Å². The maximum Gasteiger partial charge on any atom is 0.256 e. The van der Waals surface area contributed by atoms with Crippen molar-refractivity contribution < 1.29 is 14.3 Å². The largest absolute Gasteiger partial charge is 0.497 e. The smallest absolute Gasteiger partial charge is 0.256 e. The molecule has 22 heavy (non-hydrogen) atoms. The van der Waals surface area contributed by atoms with Crippen molar-refractivity contribution in [1.82, 2.24) is 0 Å². The number of hydrogen-bond donors (Lipinski definition) is 1. The summed E-state index contributed by atoms with van der Waals surface area (Å²) in [5.74, 6) is 1.17. The number of nitrogens with one attached hydrogen (secondary N) is 1. The minimum absolute atomic E-state index is 0.154. The van der Waals surface area contributed by atoms with Crippen LogP contribution in [0.15, 0.2) is 36.4 Å². The molecule has 5 heteroatoms. The van der Waals surface area contributed by atoms with Gasteiger partial charge in [-0.3, -0.25) is 4.79 Å². The highest BCUT2D eigenvalue weighted by Gasteiger charge is 2.24. The van der Waals surface area contributed by atoms with Crippen molar-refractivity contribution in [2.75, 3.05) is 19.5 Å². The van der Waals surface area contributed by atoms with Crippen LogP contribution < -0.4 is 14.8 Å². The van der Waals surface area contributed by atoms with Crippen LogP contribution in [0.25, 0.3) is 11.6 Å². The maximum atomic E-state index is 12.2. The molecule has 1 aliphatic rings. The fourth-order valence-corrected chi connectivity index (χ4v) is 2.56. The molecule has 2 aromatic rings. The van der Waals surface area contributed by atoms with Gasteiger partial charge in [-0.1, -0.05) is 11.6 Å². The van der Waals surface area contributed by atoms with E-state index >= 15 is 0 Å². The number of carbonyl (C=O) groups excluding carboxylic acids is 1. The Hall–Kier alpha value is -2.46. The number of benzene rings is 2. The third-order valence-corrected chi connectivity index (χ3v) is 3.68. The molecule has 0 radical (unpaired) electrons. The summed E-state index contributed by atoms with van der Waals surface area (Å²) in [4.78, 5) is 12.2. The van der Waals surface area contributed by atoms with Gasteiger partial charge in [0.25, 0.3) is 5.91 Å². The van der Waals surface area contributed by atoms with Gasteiger partial charge in [0, 0.05) is 27.9 Å². The predicted molar refractivity (Wildman–Crippen MR) is 87.5 cm³/mol. The normalized spacial score (nSPS) is 14.7. The van der Waals surface area contributed by atoms with Crippen LogP contribution in [-0.4, -0.2) is 20.1 Å². The summed E-state index contributed by atoms with van der Waals surface area (Å²) in [5, 5.41) is 3.41. The van der Waals surface area contributed by atoms with Gasteiger partial charge < -0.3 is 14.8 Å². The van der Waals surface area contributed by atoms with Crippen molar-refractivity contribution in [3.63, 3.8) is 0 Å². The molecule has 0 fully saturated rings. The average molecular weight is 316 g/mol. The molecule has 0 atom stereocenters. The Morgan fingerprint density at radius 1 is 1.05 bits per heavy atom. The van der Waals surface area contributed by atoms with Gasteiger partial charge in [0.1, 0.15) is 11.5 Å². The SMILES string of the molecule is COc1cc(/C=C2\C(=O)Nc3ccc(Cl)cc32)cc(OC)c1. The standard InChI is InChI=1S/C17H14ClNO3/c1-21-12-5-10(6-13(9-12)22-2)7-15-14-8-11(18)3-4-16(14)19-17(15)20/h3-9H,1-2H3,(H,19,20)/b15-7-. The summed E-state index contributed by atoms with van der Waals surface area (Å²) in [7, 11) is 3.17. The predicted octanol–water partition coefficient (Wildman–Crippen LogP) is 3.85. The summed E-state index contributed by atoms with van der Waals surface area (Å²) >= 11 is 6.03. The lowest BCUT2D eigenvalue weighted by Gasteiger charge is -2.06. The lowest BCUT2D eigenvalue weighted by Crippen LogP contribution is -2.03. The Morgan fingerprint density at radius 3 is 2.36 bits per heavy atom. The van der Waals surface area contributed by atoms with Gasteiger partial charge >= 0.3 is 0 Å². The Morgan fingerprint density at radius 2 is 1.73 bits per heavy atom. The molecule has 1 amide bonds. The number of methoxy groups -OCH3 is 2. The molecule has 0 spiro atoms. The zero-order chi connectivity index (χ0) is 15.7. The molecule has 0 aromatic heterocycles. The van der Waals surface area contributed by atoms with Gasteiger partial charge in [0.15, 0.2) is 0 Å². The van der Waals surface area contributed by atoms with Crippen LogP contribution in [0, 0.1) is 0 Å². The fraction of sp³-hybridized carbons (Fsp3) is 0.118. The molecule has 0 unspecified atom stereocenters. The molecule has 1 N–H and O–H groups in total. The molecule has 4 nitrogen and oxygen atoms in total. The fourth-order valence-electron chi connectivity index (χ4n) is 2.38. The van der Waals surface area contributed by atoms with E-state index in [1.54, 1.807) is 44.6 Å². The third-order valence-electron chi connectivity index (χ3n) is 3.45. The van der Waals surface area contributed by atoms with Crippen LogP contribution in [0.3, 0.4) is 0 Å². The second-order valence-corrected chi connectivity index (χ2v) is 5.28. The van der Waals surface area contributed by atoms with Gasteiger partial charge in [0.2, 0.25) is 0 Å². The minimum atomic E-state index is -0.154. The molecule has 3 rings (SSSR count). The van der Waals surface area contributed by atoms with Crippen LogP contribution in [0.5, 0.6) is 11.5 Å². The molecular formula is C17H14ClNO3. The first kappa shape index (κ1) is 14.5. The van der Waals surface area contributed by atoms with E-state index in [9.17, 15) is 4.79 Å². The number of amides is 1. The average Bonchev–Trinajstić information content (AvgIpc) is 2.82. The van der Waals surface area contributed by atoms with E-state index in [4.69, 9.17) is 21.1 Å². The van der Waals surface area contributed by atoms with E-state index in [-0.39, 0.29) is 5.91 Å². The Bertz CT molecular complexity index is 761. The van der Waals surface area contributed by atoms with E-state index in [1.165, 1.54) is 0 Å². The van der Waals surface area contributed by atoms with E-state index < -0.39 is 0 Å². The highest BCUT2D eigenvalue weighted by Crippen LogP contribution is 2.35. The molecule has 0 aliphatic carbocycles. The van der Waals surface area contributed by atoms with Gasteiger partial charge in [0.05, 0.1) is 14.2 Å². The van der Waals surface area contributed by atoms with Gasteiger partial charge in [-0.25, -0.2) is 0 Å². The third kappa shape index (κ3) is 2.65. The Kier molecular flexibility index (Phi) is 3.77. The van der Waals surface area contributed by atoms with Crippen LogP contribution >= 0.6 is 11.6 Å². The van der Waals surface area contributed by atoms with E-state index in [0.29, 0.717) is 22.1 Å². The van der Waals surface area contributed by atoms with Crippen molar-refractivity contribution in [2.45, 2.75) is 0 Å².